The second-order valence-corrected chi connectivity index (χ2v) is 4.84. The van der Waals surface area contributed by atoms with Gasteiger partial charge in [0.2, 0.25) is 0 Å². The van der Waals surface area contributed by atoms with Gasteiger partial charge in [0, 0.05) is 11.0 Å². The van der Waals surface area contributed by atoms with Crippen molar-refractivity contribution >= 4 is 5.78 Å². The number of rotatable bonds is 4. The molecule has 0 heterocycles. The normalized spacial score (nSPS) is 17.5. The van der Waals surface area contributed by atoms with Crippen LogP contribution in [-0.4, -0.2) is 5.78 Å². The van der Waals surface area contributed by atoms with Gasteiger partial charge in [-0.05, 0) is 24.8 Å². The van der Waals surface area contributed by atoms with E-state index in [0.29, 0.717) is 5.78 Å². The number of carbonyl (C=O) groups excluding carboxylic acids is 1. The van der Waals surface area contributed by atoms with Gasteiger partial charge in [0.1, 0.15) is 0 Å². The number of benzene rings is 1. The lowest BCUT2D eigenvalue weighted by Crippen LogP contribution is -2.11. The summed E-state index contributed by atoms with van der Waals surface area (Å²) < 4.78 is 0. The second-order valence-electron chi connectivity index (χ2n) is 4.84. The fraction of sp³-hybridized carbons (Fsp3) is 0.500. The first-order valence-corrected chi connectivity index (χ1v) is 5.79. The van der Waals surface area contributed by atoms with Crippen molar-refractivity contribution in [3.8, 4) is 0 Å². The molecular formula is C14H18O. The van der Waals surface area contributed by atoms with E-state index < -0.39 is 0 Å². The Morgan fingerprint density at radius 2 is 1.87 bits per heavy atom. The van der Waals surface area contributed by atoms with E-state index in [1.165, 1.54) is 5.56 Å². The fourth-order valence-corrected chi connectivity index (χ4v) is 1.87. The highest BCUT2D eigenvalue weighted by molar-refractivity contribution is 6.01. The van der Waals surface area contributed by atoms with E-state index in [4.69, 9.17) is 0 Å². The molecule has 0 unspecified atom stereocenters. The third-order valence-electron chi connectivity index (χ3n) is 3.30. The average Bonchev–Trinajstić information content (AvgIpc) is 2.99. The summed E-state index contributed by atoms with van der Waals surface area (Å²) in [6, 6.07) is 8.14. The largest absolute Gasteiger partial charge is 0.294 e. The van der Waals surface area contributed by atoms with E-state index in [0.717, 1.165) is 31.2 Å². The molecule has 0 bridgehead atoms. The van der Waals surface area contributed by atoms with Gasteiger partial charge in [-0.15, -0.1) is 0 Å². The van der Waals surface area contributed by atoms with Crippen LogP contribution < -0.4 is 0 Å². The summed E-state index contributed by atoms with van der Waals surface area (Å²) in [5.41, 5.74) is 2.18. The summed E-state index contributed by atoms with van der Waals surface area (Å²) in [6.45, 7) is 4.24. The van der Waals surface area contributed by atoms with Crippen LogP contribution in [0, 0.1) is 5.41 Å². The summed E-state index contributed by atoms with van der Waals surface area (Å²) in [6.07, 6.45) is 4.38. The molecule has 1 heteroatoms. The van der Waals surface area contributed by atoms with Crippen LogP contribution in [0.1, 0.15) is 49.0 Å². The molecule has 0 radical (unpaired) electrons. The van der Waals surface area contributed by atoms with E-state index in [-0.39, 0.29) is 5.41 Å². The van der Waals surface area contributed by atoms with Gasteiger partial charge < -0.3 is 0 Å². The fourth-order valence-electron chi connectivity index (χ4n) is 1.87. The Balaban J connectivity index is 2.13. The zero-order valence-electron chi connectivity index (χ0n) is 9.55. The third-order valence-corrected chi connectivity index (χ3v) is 3.30. The highest BCUT2D eigenvalue weighted by atomic mass is 16.1. The number of ketones is 1. The van der Waals surface area contributed by atoms with E-state index in [1.807, 2.05) is 12.1 Å². The Hall–Kier alpha value is -1.11. The molecule has 1 aliphatic rings. The summed E-state index contributed by atoms with van der Waals surface area (Å²) in [5.74, 6) is 0.325. The molecule has 1 aromatic rings. The van der Waals surface area contributed by atoms with Crippen LogP contribution in [0.3, 0.4) is 0 Å². The highest BCUT2D eigenvalue weighted by Crippen LogP contribution is 2.47. The lowest BCUT2D eigenvalue weighted by Gasteiger charge is -2.07. The van der Waals surface area contributed by atoms with E-state index in [9.17, 15) is 4.79 Å². The van der Waals surface area contributed by atoms with Gasteiger partial charge >= 0.3 is 0 Å². The van der Waals surface area contributed by atoms with Crippen molar-refractivity contribution < 1.29 is 4.79 Å². The molecule has 0 saturated heterocycles. The van der Waals surface area contributed by atoms with Crippen LogP contribution in [0.4, 0.5) is 0 Å². The maximum atomic E-state index is 12.0. The van der Waals surface area contributed by atoms with Crippen LogP contribution in [-0.2, 0) is 6.42 Å². The number of hydrogen-bond donors (Lipinski definition) is 0. The molecule has 1 nitrogen and oxygen atoms in total. The summed E-state index contributed by atoms with van der Waals surface area (Å²) in [5, 5.41) is 0. The van der Waals surface area contributed by atoms with Gasteiger partial charge in [0.05, 0.1) is 0 Å². The maximum Gasteiger partial charge on any atom is 0.168 e. The molecular weight excluding hydrogens is 184 g/mol. The zero-order valence-corrected chi connectivity index (χ0v) is 9.55. The molecule has 0 amide bonds. The minimum Gasteiger partial charge on any atom is -0.294 e. The molecule has 1 fully saturated rings. The number of aryl methyl sites for hydroxylation is 1. The third kappa shape index (κ3) is 2.11. The average molecular weight is 202 g/mol. The van der Waals surface area contributed by atoms with E-state index in [1.54, 1.807) is 0 Å². The second kappa shape index (κ2) is 3.80. The number of carbonyl (C=O) groups is 1. The van der Waals surface area contributed by atoms with Crippen molar-refractivity contribution in [2.75, 3.05) is 0 Å². The van der Waals surface area contributed by atoms with Crippen molar-refractivity contribution in [2.45, 2.75) is 39.5 Å². The number of hydrogen-bond acceptors (Lipinski definition) is 1. The Bertz CT molecular complexity index is 357. The molecule has 2 rings (SSSR count). The van der Waals surface area contributed by atoms with Gasteiger partial charge in [0.25, 0.3) is 0 Å². The molecule has 1 aromatic carbocycles. The van der Waals surface area contributed by atoms with Gasteiger partial charge in [0.15, 0.2) is 5.78 Å². The van der Waals surface area contributed by atoms with Gasteiger partial charge in [-0.3, -0.25) is 4.79 Å². The quantitative estimate of drug-likeness (QED) is 0.681. The smallest absolute Gasteiger partial charge is 0.168 e. The van der Waals surface area contributed by atoms with Gasteiger partial charge in [-0.2, -0.15) is 0 Å². The minimum absolute atomic E-state index is 0.0354. The Morgan fingerprint density at radius 1 is 1.27 bits per heavy atom. The molecule has 0 aliphatic heterocycles. The Kier molecular flexibility index (Phi) is 2.64. The molecule has 15 heavy (non-hydrogen) atoms. The van der Waals surface area contributed by atoms with Crippen LogP contribution in [0.25, 0.3) is 0 Å². The van der Waals surface area contributed by atoms with Crippen molar-refractivity contribution in [2.24, 2.45) is 5.41 Å². The van der Waals surface area contributed by atoms with Crippen LogP contribution in [0.2, 0.25) is 0 Å². The van der Waals surface area contributed by atoms with Crippen LogP contribution in [0.15, 0.2) is 24.3 Å². The van der Waals surface area contributed by atoms with E-state index >= 15 is 0 Å². The van der Waals surface area contributed by atoms with E-state index in [2.05, 4.69) is 26.0 Å². The lowest BCUT2D eigenvalue weighted by molar-refractivity contribution is 0.0912. The van der Waals surface area contributed by atoms with Crippen molar-refractivity contribution in [1.82, 2.24) is 0 Å². The summed E-state index contributed by atoms with van der Waals surface area (Å²) >= 11 is 0. The molecule has 0 N–H and O–H groups in total. The first kappa shape index (κ1) is 10.4. The Labute approximate surface area is 91.5 Å². The molecule has 1 aliphatic carbocycles. The van der Waals surface area contributed by atoms with Crippen LogP contribution >= 0.6 is 0 Å². The van der Waals surface area contributed by atoms with Crippen LogP contribution in [0.5, 0.6) is 0 Å². The van der Waals surface area contributed by atoms with Crippen molar-refractivity contribution in [1.29, 1.82) is 0 Å². The van der Waals surface area contributed by atoms with Gasteiger partial charge in [-0.25, -0.2) is 0 Å². The van der Waals surface area contributed by atoms with Crippen molar-refractivity contribution in [3.63, 3.8) is 0 Å². The molecule has 80 valence electrons. The number of Topliss-reactive ketones (excluding diaryl/α,β-unsaturated/α-hetero) is 1. The molecule has 0 spiro atoms. The monoisotopic (exact) mass is 202 g/mol. The SMILES string of the molecule is CCCc1ccc(C(=O)C2(C)CC2)cc1. The topological polar surface area (TPSA) is 17.1 Å². The molecule has 0 atom stereocenters. The molecule has 0 aromatic heterocycles. The van der Waals surface area contributed by atoms with Crippen molar-refractivity contribution in [3.05, 3.63) is 35.4 Å². The predicted molar refractivity (Wildman–Crippen MR) is 62.1 cm³/mol. The first-order chi connectivity index (χ1) is 7.15. The standard InChI is InChI=1S/C14H18O/c1-3-4-11-5-7-12(8-6-11)13(15)14(2)9-10-14/h5-8H,3-4,9-10H2,1-2H3. The summed E-state index contributed by atoms with van der Waals surface area (Å²) in [7, 11) is 0. The first-order valence-electron chi connectivity index (χ1n) is 5.79. The zero-order chi connectivity index (χ0) is 10.9. The highest BCUT2D eigenvalue weighted by Gasteiger charge is 2.44. The summed E-state index contributed by atoms with van der Waals surface area (Å²) in [4.78, 5) is 12.0. The Morgan fingerprint density at radius 3 is 2.33 bits per heavy atom. The molecule has 1 saturated carbocycles. The maximum absolute atomic E-state index is 12.0. The lowest BCUT2D eigenvalue weighted by atomic mass is 9.95. The van der Waals surface area contributed by atoms with Gasteiger partial charge in [-0.1, -0.05) is 44.5 Å². The minimum atomic E-state index is -0.0354. The predicted octanol–water partition coefficient (Wildman–Crippen LogP) is 3.62.